The summed E-state index contributed by atoms with van der Waals surface area (Å²) >= 11 is 7.70. The van der Waals surface area contributed by atoms with Gasteiger partial charge in [-0.3, -0.25) is 0 Å². The van der Waals surface area contributed by atoms with Gasteiger partial charge in [0.2, 0.25) is 0 Å². The van der Waals surface area contributed by atoms with E-state index in [1.54, 1.807) is 6.20 Å². The molecule has 0 amide bonds. The summed E-state index contributed by atoms with van der Waals surface area (Å²) in [4.78, 5) is 4.34. The molecule has 16 heavy (non-hydrogen) atoms. The average Bonchev–Trinajstić information content (AvgIpc) is 2.63. The maximum Gasteiger partial charge on any atom is 0.0963 e. The van der Waals surface area contributed by atoms with Crippen LogP contribution in [0, 0.1) is 5.92 Å². The second-order valence-electron chi connectivity index (χ2n) is 4.30. The molecule has 0 spiro atoms. The summed E-state index contributed by atoms with van der Waals surface area (Å²) in [6.45, 7) is 2.32. The number of aromatic nitrogens is 1. The van der Waals surface area contributed by atoms with Gasteiger partial charge in [0, 0.05) is 17.5 Å². The standard InChI is InChI=1S/C12H17ClN2S/c1-8-10(14-2)4-5-11(8)16-12-6-3-9(13)7-15-12/h3,6-8,10-11,14H,4-5H2,1-2H3. The third-order valence-electron chi connectivity index (χ3n) is 3.33. The second kappa shape index (κ2) is 5.39. The summed E-state index contributed by atoms with van der Waals surface area (Å²) in [5.41, 5.74) is 0. The number of halogens is 1. The van der Waals surface area contributed by atoms with E-state index in [1.165, 1.54) is 12.8 Å². The van der Waals surface area contributed by atoms with E-state index < -0.39 is 0 Å². The first kappa shape index (κ1) is 12.2. The van der Waals surface area contributed by atoms with Crippen molar-refractivity contribution in [2.75, 3.05) is 7.05 Å². The minimum Gasteiger partial charge on any atom is -0.317 e. The third-order valence-corrected chi connectivity index (χ3v) is 5.00. The molecule has 1 N–H and O–H groups in total. The fourth-order valence-corrected chi connectivity index (χ4v) is 3.63. The van der Waals surface area contributed by atoms with Crippen molar-refractivity contribution in [1.82, 2.24) is 10.3 Å². The van der Waals surface area contributed by atoms with Crippen LogP contribution in [0.2, 0.25) is 5.02 Å². The molecule has 1 heterocycles. The molecule has 0 aromatic carbocycles. The van der Waals surface area contributed by atoms with Crippen LogP contribution in [0.1, 0.15) is 19.8 Å². The van der Waals surface area contributed by atoms with Gasteiger partial charge in [-0.05, 0) is 37.9 Å². The summed E-state index contributed by atoms with van der Waals surface area (Å²) in [5, 5.41) is 5.84. The van der Waals surface area contributed by atoms with Gasteiger partial charge in [0.15, 0.2) is 0 Å². The van der Waals surface area contributed by atoms with Crippen molar-refractivity contribution in [3.05, 3.63) is 23.4 Å². The van der Waals surface area contributed by atoms with Crippen LogP contribution in [0.5, 0.6) is 0 Å². The second-order valence-corrected chi connectivity index (χ2v) is 6.00. The highest BCUT2D eigenvalue weighted by Crippen LogP contribution is 2.38. The van der Waals surface area contributed by atoms with Gasteiger partial charge in [-0.2, -0.15) is 0 Å². The Morgan fingerprint density at radius 2 is 2.25 bits per heavy atom. The monoisotopic (exact) mass is 256 g/mol. The van der Waals surface area contributed by atoms with Crippen molar-refractivity contribution in [3.8, 4) is 0 Å². The molecular formula is C12H17ClN2S. The number of nitrogens with zero attached hydrogens (tertiary/aromatic N) is 1. The van der Waals surface area contributed by atoms with E-state index in [9.17, 15) is 0 Å². The van der Waals surface area contributed by atoms with Crippen molar-refractivity contribution in [2.24, 2.45) is 5.92 Å². The number of hydrogen-bond donors (Lipinski definition) is 1. The SMILES string of the molecule is CNC1CCC(Sc2ccc(Cl)cn2)C1C. The molecule has 1 fully saturated rings. The molecule has 0 radical (unpaired) electrons. The Balaban J connectivity index is 1.98. The molecule has 0 bridgehead atoms. The maximum atomic E-state index is 5.82. The van der Waals surface area contributed by atoms with Crippen molar-refractivity contribution < 1.29 is 0 Å². The lowest BCUT2D eigenvalue weighted by molar-refractivity contribution is 0.464. The van der Waals surface area contributed by atoms with E-state index in [-0.39, 0.29) is 0 Å². The number of hydrogen-bond acceptors (Lipinski definition) is 3. The topological polar surface area (TPSA) is 24.9 Å². The van der Waals surface area contributed by atoms with Gasteiger partial charge in [0.1, 0.15) is 0 Å². The molecule has 3 unspecified atom stereocenters. The van der Waals surface area contributed by atoms with Crippen molar-refractivity contribution in [1.29, 1.82) is 0 Å². The summed E-state index contributed by atoms with van der Waals surface area (Å²) in [5.74, 6) is 0.701. The van der Waals surface area contributed by atoms with E-state index in [2.05, 4.69) is 24.3 Å². The maximum absolute atomic E-state index is 5.82. The smallest absolute Gasteiger partial charge is 0.0963 e. The minimum absolute atomic E-state index is 0.657. The first-order valence-corrected chi connectivity index (χ1v) is 6.92. The predicted molar refractivity (Wildman–Crippen MR) is 70.1 cm³/mol. The predicted octanol–water partition coefficient (Wildman–Crippen LogP) is 3.21. The van der Waals surface area contributed by atoms with Crippen molar-refractivity contribution in [3.63, 3.8) is 0 Å². The van der Waals surface area contributed by atoms with Crippen molar-refractivity contribution >= 4 is 23.4 Å². The molecule has 88 valence electrons. The van der Waals surface area contributed by atoms with Gasteiger partial charge in [-0.15, -0.1) is 11.8 Å². The molecule has 1 aliphatic carbocycles. The Morgan fingerprint density at radius 1 is 1.44 bits per heavy atom. The highest BCUT2D eigenvalue weighted by molar-refractivity contribution is 7.99. The molecule has 1 aromatic rings. The third kappa shape index (κ3) is 2.70. The molecular weight excluding hydrogens is 240 g/mol. The van der Waals surface area contributed by atoms with Crippen LogP contribution in [0.3, 0.4) is 0 Å². The minimum atomic E-state index is 0.657. The van der Waals surface area contributed by atoms with E-state index in [4.69, 9.17) is 11.6 Å². The summed E-state index contributed by atoms with van der Waals surface area (Å²) < 4.78 is 0. The van der Waals surface area contributed by atoms with Crippen LogP contribution >= 0.6 is 23.4 Å². The van der Waals surface area contributed by atoms with Gasteiger partial charge in [0.25, 0.3) is 0 Å². The zero-order valence-corrected chi connectivity index (χ0v) is 11.2. The first-order chi connectivity index (χ1) is 7.70. The molecule has 1 saturated carbocycles. The number of thioether (sulfide) groups is 1. The van der Waals surface area contributed by atoms with Crippen LogP contribution in [-0.2, 0) is 0 Å². The Labute approximate surface area is 106 Å². The summed E-state index contributed by atoms with van der Waals surface area (Å²) in [6, 6.07) is 4.57. The fraction of sp³-hybridized carbons (Fsp3) is 0.583. The zero-order valence-electron chi connectivity index (χ0n) is 9.61. The summed E-state index contributed by atoms with van der Waals surface area (Å²) in [7, 11) is 2.05. The molecule has 2 rings (SSSR count). The van der Waals surface area contributed by atoms with Gasteiger partial charge in [-0.1, -0.05) is 18.5 Å². The number of pyridine rings is 1. The highest BCUT2D eigenvalue weighted by atomic mass is 35.5. The highest BCUT2D eigenvalue weighted by Gasteiger charge is 2.32. The van der Waals surface area contributed by atoms with Gasteiger partial charge < -0.3 is 5.32 Å². The molecule has 0 aliphatic heterocycles. The van der Waals surface area contributed by atoms with E-state index in [0.717, 1.165) is 5.03 Å². The molecule has 1 aliphatic rings. The number of rotatable bonds is 3. The van der Waals surface area contributed by atoms with Crippen LogP contribution in [0.4, 0.5) is 0 Å². The average molecular weight is 257 g/mol. The Bertz CT molecular complexity index is 341. The zero-order chi connectivity index (χ0) is 11.5. The summed E-state index contributed by atoms with van der Waals surface area (Å²) in [6.07, 6.45) is 4.25. The molecule has 1 aromatic heterocycles. The first-order valence-electron chi connectivity index (χ1n) is 5.66. The van der Waals surface area contributed by atoms with E-state index in [0.29, 0.717) is 22.2 Å². The van der Waals surface area contributed by atoms with Crippen molar-refractivity contribution in [2.45, 2.75) is 36.1 Å². The largest absolute Gasteiger partial charge is 0.317 e. The lowest BCUT2D eigenvalue weighted by Crippen LogP contribution is -2.30. The Morgan fingerprint density at radius 3 is 2.81 bits per heavy atom. The molecule has 4 heteroatoms. The van der Waals surface area contributed by atoms with Gasteiger partial charge in [0.05, 0.1) is 10.0 Å². The quantitative estimate of drug-likeness (QED) is 0.899. The lowest BCUT2D eigenvalue weighted by atomic mass is 10.1. The van der Waals surface area contributed by atoms with E-state index in [1.807, 2.05) is 23.9 Å². The van der Waals surface area contributed by atoms with Crippen LogP contribution < -0.4 is 5.32 Å². The molecule has 3 atom stereocenters. The van der Waals surface area contributed by atoms with Gasteiger partial charge >= 0.3 is 0 Å². The van der Waals surface area contributed by atoms with Crippen LogP contribution in [-0.4, -0.2) is 23.3 Å². The molecule has 2 nitrogen and oxygen atoms in total. The Kier molecular flexibility index (Phi) is 4.11. The van der Waals surface area contributed by atoms with Crippen LogP contribution in [0.15, 0.2) is 23.4 Å². The lowest BCUT2D eigenvalue weighted by Gasteiger charge is -2.19. The fourth-order valence-electron chi connectivity index (χ4n) is 2.29. The van der Waals surface area contributed by atoms with Gasteiger partial charge in [-0.25, -0.2) is 4.98 Å². The molecule has 0 saturated heterocycles. The van der Waals surface area contributed by atoms with E-state index >= 15 is 0 Å². The van der Waals surface area contributed by atoms with Crippen LogP contribution in [0.25, 0.3) is 0 Å². The number of nitrogens with one attached hydrogen (secondary N) is 1. The normalized spacial score (nSPS) is 29.6. The Hall–Kier alpha value is -0.250.